The van der Waals surface area contributed by atoms with Gasteiger partial charge in [-0.25, -0.2) is 0 Å². The number of carboxylic acids is 1. The van der Waals surface area contributed by atoms with E-state index in [1.165, 1.54) is 0 Å². The Morgan fingerprint density at radius 2 is 2.00 bits per heavy atom. The van der Waals surface area contributed by atoms with Crippen molar-refractivity contribution in [2.75, 3.05) is 13.1 Å². The number of halogens is 2. The molecule has 4 nitrogen and oxygen atoms in total. The molecule has 1 N–H and O–H groups in total. The van der Waals surface area contributed by atoms with Crippen LogP contribution in [0.5, 0.6) is 0 Å². The Morgan fingerprint density at radius 3 is 2.68 bits per heavy atom. The summed E-state index contributed by atoms with van der Waals surface area (Å²) >= 11 is 11.9. The van der Waals surface area contributed by atoms with E-state index in [0.29, 0.717) is 29.6 Å². The van der Waals surface area contributed by atoms with Crippen LogP contribution in [0.15, 0.2) is 18.2 Å². The molecular weight excluding hydrogens is 325 g/mol. The van der Waals surface area contributed by atoms with Gasteiger partial charge < -0.3 is 10.0 Å². The molecule has 3 rings (SSSR count). The molecule has 2 fully saturated rings. The number of likely N-dealkylation sites (tertiary alicyclic amines) is 1. The quantitative estimate of drug-likeness (QED) is 0.916. The van der Waals surface area contributed by atoms with Gasteiger partial charge in [0.05, 0.1) is 16.0 Å². The van der Waals surface area contributed by atoms with Gasteiger partial charge in [-0.2, -0.15) is 0 Å². The number of carboxylic acid groups (broad SMARTS) is 1. The highest BCUT2D eigenvalue weighted by atomic mass is 35.5. The molecule has 1 aliphatic heterocycles. The normalized spacial score (nSPS) is 27.5. The van der Waals surface area contributed by atoms with E-state index in [1.807, 2.05) is 12.1 Å². The first-order valence-corrected chi connectivity index (χ1v) is 8.19. The highest BCUT2D eigenvalue weighted by Gasteiger charge is 2.46. The number of benzene rings is 1. The summed E-state index contributed by atoms with van der Waals surface area (Å²) in [5.41, 5.74) is 1.03. The summed E-state index contributed by atoms with van der Waals surface area (Å²) in [7, 11) is 0. The zero-order valence-electron chi connectivity index (χ0n) is 12.0. The van der Waals surface area contributed by atoms with Crippen LogP contribution in [0, 0.1) is 11.8 Å². The Morgan fingerprint density at radius 1 is 1.23 bits per heavy atom. The Kier molecular flexibility index (Phi) is 4.33. The van der Waals surface area contributed by atoms with Gasteiger partial charge in [-0.05, 0) is 42.9 Å². The number of amides is 1. The van der Waals surface area contributed by atoms with Crippen molar-refractivity contribution in [3.05, 3.63) is 33.8 Å². The van der Waals surface area contributed by atoms with E-state index >= 15 is 0 Å². The van der Waals surface area contributed by atoms with E-state index in [9.17, 15) is 9.59 Å². The number of carbonyl (C=O) groups is 2. The largest absolute Gasteiger partial charge is 0.481 e. The van der Waals surface area contributed by atoms with Crippen molar-refractivity contribution in [2.45, 2.75) is 25.2 Å². The number of piperidine rings is 1. The fraction of sp³-hybridized carbons (Fsp3) is 0.500. The van der Waals surface area contributed by atoms with E-state index in [4.69, 9.17) is 28.3 Å². The molecule has 0 radical (unpaired) electrons. The van der Waals surface area contributed by atoms with Gasteiger partial charge in [-0.15, -0.1) is 0 Å². The topological polar surface area (TPSA) is 57.6 Å². The van der Waals surface area contributed by atoms with Crippen LogP contribution in [0.3, 0.4) is 0 Å². The molecule has 1 aromatic rings. The van der Waals surface area contributed by atoms with Crippen LogP contribution in [0.25, 0.3) is 0 Å². The van der Waals surface area contributed by atoms with E-state index in [-0.39, 0.29) is 17.7 Å². The lowest BCUT2D eigenvalue weighted by atomic mass is 9.97. The monoisotopic (exact) mass is 341 g/mol. The fourth-order valence-electron chi connectivity index (χ4n) is 3.19. The highest BCUT2D eigenvalue weighted by molar-refractivity contribution is 6.42. The maximum atomic E-state index is 12.5. The molecule has 2 unspecified atom stereocenters. The molecule has 0 aromatic heterocycles. The first-order chi connectivity index (χ1) is 10.5. The molecule has 1 heterocycles. The van der Waals surface area contributed by atoms with Gasteiger partial charge in [0.25, 0.3) is 0 Å². The maximum Gasteiger partial charge on any atom is 0.308 e. The Labute approximate surface area is 139 Å². The van der Waals surface area contributed by atoms with Crippen LogP contribution in [0.2, 0.25) is 10.0 Å². The van der Waals surface area contributed by atoms with Gasteiger partial charge in [-0.1, -0.05) is 29.3 Å². The maximum absolute atomic E-state index is 12.5. The van der Waals surface area contributed by atoms with Crippen LogP contribution in [-0.2, 0) is 9.59 Å². The van der Waals surface area contributed by atoms with Gasteiger partial charge in [0.1, 0.15) is 0 Å². The molecule has 0 spiro atoms. The second-order valence-electron chi connectivity index (χ2n) is 6.08. The molecule has 0 bridgehead atoms. The molecule has 118 valence electrons. The number of hydrogen-bond acceptors (Lipinski definition) is 2. The molecule has 2 aliphatic rings. The van der Waals surface area contributed by atoms with Gasteiger partial charge in [0, 0.05) is 19.0 Å². The van der Waals surface area contributed by atoms with Crippen molar-refractivity contribution >= 4 is 35.1 Å². The van der Waals surface area contributed by atoms with Crippen molar-refractivity contribution in [1.82, 2.24) is 4.90 Å². The van der Waals surface area contributed by atoms with Crippen LogP contribution in [-0.4, -0.2) is 35.0 Å². The van der Waals surface area contributed by atoms with E-state index in [1.54, 1.807) is 11.0 Å². The van der Waals surface area contributed by atoms with Gasteiger partial charge in [0.15, 0.2) is 0 Å². The standard InChI is InChI=1S/C16H17Cl2NO3/c17-13-4-3-9(6-14(13)18)11-7-12(11)15(20)19-5-1-2-10(8-19)16(21)22/h3-4,6,10-12H,1-2,5,7-8H2,(H,21,22)/t10-,11?,12?/m0/s1. The number of hydrogen-bond donors (Lipinski definition) is 1. The lowest BCUT2D eigenvalue weighted by Crippen LogP contribution is -2.43. The average Bonchev–Trinajstić information content (AvgIpc) is 3.30. The Bertz CT molecular complexity index is 619. The smallest absolute Gasteiger partial charge is 0.308 e. The van der Waals surface area contributed by atoms with Crippen LogP contribution in [0.1, 0.15) is 30.7 Å². The molecule has 1 amide bonds. The third kappa shape index (κ3) is 3.08. The minimum absolute atomic E-state index is 0.0511. The molecule has 6 heteroatoms. The van der Waals surface area contributed by atoms with E-state index < -0.39 is 11.9 Å². The summed E-state index contributed by atoms with van der Waals surface area (Å²) in [6.45, 7) is 0.992. The van der Waals surface area contributed by atoms with Crippen LogP contribution >= 0.6 is 23.2 Å². The second-order valence-corrected chi connectivity index (χ2v) is 6.90. The molecule has 1 aliphatic carbocycles. The molecule has 1 saturated heterocycles. The summed E-state index contributed by atoms with van der Waals surface area (Å²) in [6.07, 6.45) is 2.21. The zero-order valence-corrected chi connectivity index (χ0v) is 13.5. The van der Waals surface area contributed by atoms with Crippen molar-refractivity contribution in [3.8, 4) is 0 Å². The van der Waals surface area contributed by atoms with Gasteiger partial charge in [0.2, 0.25) is 5.91 Å². The summed E-state index contributed by atoms with van der Waals surface area (Å²) in [4.78, 5) is 25.3. The van der Waals surface area contributed by atoms with Crippen molar-refractivity contribution in [1.29, 1.82) is 0 Å². The SMILES string of the molecule is O=C(O)[C@H]1CCCN(C(=O)C2CC2c2ccc(Cl)c(Cl)c2)C1. The molecule has 1 aromatic carbocycles. The Balaban J connectivity index is 1.65. The Hall–Kier alpha value is -1.26. The summed E-state index contributed by atoms with van der Waals surface area (Å²) < 4.78 is 0. The minimum atomic E-state index is -0.811. The van der Waals surface area contributed by atoms with Crippen molar-refractivity contribution < 1.29 is 14.7 Å². The molecule has 22 heavy (non-hydrogen) atoms. The number of nitrogens with zero attached hydrogens (tertiary/aromatic N) is 1. The predicted octanol–water partition coefficient (Wildman–Crippen LogP) is 3.42. The summed E-state index contributed by atoms with van der Waals surface area (Å²) in [5, 5.41) is 10.1. The number of rotatable bonds is 3. The molecule has 1 saturated carbocycles. The third-order valence-corrected chi connectivity index (χ3v) is 5.30. The van der Waals surface area contributed by atoms with Gasteiger partial charge in [-0.3, -0.25) is 9.59 Å². The van der Waals surface area contributed by atoms with Crippen molar-refractivity contribution in [2.24, 2.45) is 11.8 Å². The summed E-state index contributed by atoms with van der Waals surface area (Å²) in [5.74, 6) is -1.05. The third-order valence-electron chi connectivity index (χ3n) is 4.56. The minimum Gasteiger partial charge on any atom is -0.481 e. The van der Waals surface area contributed by atoms with E-state index in [0.717, 1.165) is 18.4 Å². The first kappa shape index (κ1) is 15.6. The van der Waals surface area contributed by atoms with Crippen LogP contribution < -0.4 is 0 Å². The van der Waals surface area contributed by atoms with Crippen LogP contribution in [0.4, 0.5) is 0 Å². The number of aliphatic carboxylic acids is 1. The average molecular weight is 342 g/mol. The second kappa shape index (κ2) is 6.09. The fourth-order valence-corrected chi connectivity index (χ4v) is 3.50. The van der Waals surface area contributed by atoms with Gasteiger partial charge >= 0.3 is 5.97 Å². The zero-order chi connectivity index (χ0) is 15.9. The lowest BCUT2D eigenvalue weighted by Gasteiger charge is -2.31. The van der Waals surface area contributed by atoms with E-state index in [2.05, 4.69) is 0 Å². The first-order valence-electron chi connectivity index (χ1n) is 7.44. The predicted molar refractivity (Wildman–Crippen MR) is 84.2 cm³/mol. The number of carbonyl (C=O) groups excluding carboxylic acids is 1. The lowest BCUT2D eigenvalue weighted by molar-refractivity contribution is -0.146. The molecular formula is C16H17Cl2NO3. The van der Waals surface area contributed by atoms with Crippen molar-refractivity contribution in [3.63, 3.8) is 0 Å². The molecule has 3 atom stereocenters. The summed E-state index contributed by atoms with van der Waals surface area (Å²) in [6, 6.07) is 5.47. The highest BCUT2D eigenvalue weighted by Crippen LogP contribution is 2.49.